The normalized spacial score (nSPS) is 15.9. The molecule has 1 aromatic heterocycles. The lowest BCUT2D eigenvalue weighted by Crippen LogP contribution is -2.35. The molecule has 2 aromatic carbocycles. The van der Waals surface area contributed by atoms with Gasteiger partial charge in [-0.05, 0) is 59.5 Å². The van der Waals surface area contributed by atoms with Crippen molar-refractivity contribution in [2.45, 2.75) is 24.9 Å². The number of halogens is 6. The molecular weight excluding hydrogens is 482 g/mol. The van der Waals surface area contributed by atoms with Gasteiger partial charge in [-0.2, -0.15) is 26.3 Å². The second-order valence-corrected chi connectivity index (χ2v) is 8.36. The summed E-state index contributed by atoms with van der Waals surface area (Å²) in [5.74, 6) is -0.764. The van der Waals surface area contributed by atoms with Gasteiger partial charge in [0, 0.05) is 16.9 Å². The maximum atomic E-state index is 13.0. The highest BCUT2D eigenvalue weighted by Crippen LogP contribution is 2.38. The number of amides is 1. The van der Waals surface area contributed by atoms with Crippen molar-refractivity contribution in [3.63, 3.8) is 0 Å². The van der Waals surface area contributed by atoms with Crippen LogP contribution in [-0.2, 0) is 23.6 Å². The van der Waals surface area contributed by atoms with Crippen molar-refractivity contribution in [3.8, 4) is 0 Å². The molecule has 0 aliphatic carbocycles. The van der Waals surface area contributed by atoms with E-state index >= 15 is 0 Å². The minimum absolute atomic E-state index is 0.0216. The number of aliphatic imine (C=N–C) groups is 1. The average Bonchev–Trinajstić information content (AvgIpc) is 3.23. The van der Waals surface area contributed by atoms with E-state index in [0.29, 0.717) is 23.5 Å². The molecule has 0 radical (unpaired) electrons. The second kappa shape index (κ2) is 8.76. The van der Waals surface area contributed by atoms with E-state index in [4.69, 9.17) is 5.73 Å². The quantitative estimate of drug-likeness (QED) is 0.427. The van der Waals surface area contributed by atoms with Gasteiger partial charge in [0.25, 0.3) is 0 Å². The van der Waals surface area contributed by atoms with E-state index in [-0.39, 0.29) is 6.07 Å². The molecule has 1 aliphatic rings. The van der Waals surface area contributed by atoms with E-state index in [9.17, 15) is 31.1 Å². The minimum atomic E-state index is -4.98. The lowest BCUT2D eigenvalue weighted by molar-refractivity contribution is -0.143. The number of nitrogens with zero attached hydrogens (tertiary/aromatic N) is 2. The first kappa shape index (κ1) is 23.8. The third-order valence-corrected chi connectivity index (χ3v) is 5.89. The Morgan fingerprint density at radius 1 is 1.00 bits per heavy atom. The van der Waals surface area contributed by atoms with Crippen LogP contribution < -0.4 is 16.0 Å². The largest absolute Gasteiger partial charge is 0.416 e. The smallest absolute Gasteiger partial charge is 0.326 e. The molecule has 0 saturated heterocycles. The van der Waals surface area contributed by atoms with E-state index in [1.54, 1.807) is 35.5 Å². The van der Waals surface area contributed by atoms with Gasteiger partial charge < -0.3 is 16.0 Å². The molecular formula is C22H16F6N4OS. The van der Waals surface area contributed by atoms with Gasteiger partial charge in [-0.15, -0.1) is 11.3 Å². The van der Waals surface area contributed by atoms with Crippen LogP contribution in [0.25, 0.3) is 0 Å². The molecule has 3 aromatic rings. The first-order valence-electron chi connectivity index (χ1n) is 9.75. The van der Waals surface area contributed by atoms with Crippen molar-refractivity contribution in [2.24, 2.45) is 10.7 Å². The van der Waals surface area contributed by atoms with Crippen molar-refractivity contribution in [2.75, 3.05) is 10.2 Å². The van der Waals surface area contributed by atoms with Crippen LogP contribution in [0.3, 0.4) is 0 Å². The SMILES string of the molecule is NC1c2ccsc2N=CN1c1ccc(NC(=O)Cc2cc(C(F)(F)F)cc(C(F)(F)F)c2)cc1. The van der Waals surface area contributed by atoms with Crippen LogP contribution in [0.4, 0.5) is 42.7 Å². The number of alkyl halides is 6. The molecule has 1 aliphatic heterocycles. The lowest BCUT2D eigenvalue weighted by Gasteiger charge is -2.29. The third kappa shape index (κ3) is 5.07. The van der Waals surface area contributed by atoms with Crippen molar-refractivity contribution in [1.29, 1.82) is 0 Å². The number of anilines is 2. The Morgan fingerprint density at radius 2 is 1.62 bits per heavy atom. The highest BCUT2D eigenvalue weighted by molar-refractivity contribution is 7.14. The minimum Gasteiger partial charge on any atom is -0.326 e. The average molecular weight is 498 g/mol. The van der Waals surface area contributed by atoms with Gasteiger partial charge >= 0.3 is 12.4 Å². The summed E-state index contributed by atoms with van der Waals surface area (Å²) in [5.41, 5.74) is 4.78. The highest BCUT2D eigenvalue weighted by Gasteiger charge is 2.37. The van der Waals surface area contributed by atoms with Crippen molar-refractivity contribution < 1.29 is 31.1 Å². The van der Waals surface area contributed by atoms with Gasteiger partial charge in [0.15, 0.2) is 0 Å². The molecule has 0 saturated carbocycles. The number of benzene rings is 2. The zero-order chi connectivity index (χ0) is 24.7. The fourth-order valence-corrected chi connectivity index (χ4v) is 4.21. The predicted octanol–water partition coefficient (Wildman–Crippen LogP) is 6.10. The van der Waals surface area contributed by atoms with E-state index in [2.05, 4.69) is 10.3 Å². The first-order chi connectivity index (χ1) is 15.9. The summed E-state index contributed by atoms with van der Waals surface area (Å²) in [4.78, 5) is 18.4. The number of carbonyl (C=O) groups excluding carboxylic acids is 1. The molecule has 2 heterocycles. The Kier molecular flexibility index (Phi) is 6.13. The Bertz CT molecular complexity index is 1200. The van der Waals surface area contributed by atoms with E-state index in [0.717, 1.165) is 10.6 Å². The molecule has 1 unspecified atom stereocenters. The Balaban J connectivity index is 1.47. The number of nitrogens with two attached hydrogens (primary N) is 1. The fraction of sp³-hybridized carbons (Fsp3) is 0.182. The number of fused-ring (bicyclic) bond motifs is 1. The molecule has 0 bridgehead atoms. The molecule has 4 rings (SSSR count). The zero-order valence-electron chi connectivity index (χ0n) is 17.1. The van der Waals surface area contributed by atoms with E-state index in [1.165, 1.54) is 11.3 Å². The molecule has 3 N–H and O–H groups in total. The molecule has 0 fully saturated rings. The fourth-order valence-electron chi connectivity index (χ4n) is 3.43. The maximum Gasteiger partial charge on any atom is 0.416 e. The first-order valence-corrected chi connectivity index (χ1v) is 10.6. The Morgan fingerprint density at radius 3 is 2.21 bits per heavy atom. The molecule has 5 nitrogen and oxygen atoms in total. The molecule has 1 atom stereocenters. The van der Waals surface area contributed by atoms with Gasteiger partial charge in [0.1, 0.15) is 11.2 Å². The van der Waals surface area contributed by atoms with E-state index in [1.807, 2.05) is 11.4 Å². The number of nitrogens with one attached hydrogen (secondary N) is 1. The number of thiophene rings is 1. The van der Waals surface area contributed by atoms with Gasteiger partial charge in [-0.3, -0.25) is 4.79 Å². The standard InChI is InChI=1S/C22H16F6N4OS/c23-21(24,25)13-7-12(8-14(10-13)22(26,27)28)9-18(33)31-15-1-3-16(4-2-15)32-11-30-20-17(19(32)29)5-6-34-20/h1-8,10-11,19H,9,29H2,(H,31,33). The summed E-state index contributed by atoms with van der Waals surface area (Å²) >= 11 is 1.46. The van der Waals surface area contributed by atoms with Crippen LogP contribution >= 0.6 is 11.3 Å². The van der Waals surface area contributed by atoms with Crippen LogP contribution in [0.1, 0.15) is 28.4 Å². The van der Waals surface area contributed by atoms with E-state index < -0.39 is 47.5 Å². The molecule has 12 heteroatoms. The second-order valence-electron chi connectivity index (χ2n) is 7.46. The summed E-state index contributed by atoms with van der Waals surface area (Å²) in [6.45, 7) is 0. The van der Waals surface area contributed by atoms with Gasteiger partial charge in [-0.25, -0.2) is 4.99 Å². The summed E-state index contributed by atoms with van der Waals surface area (Å²) in [5, 5.41) is 5.17. The van der Waals surface area contributed by atoms with Crippen LogP contribution in [0.2, 0.25) is 0 Å². The highest BCUT2D eigenvalue weighted by atomic mass is 32.1. The summed E-state index contributed by atoms with van der Waals surface area (Å²) in [6, 6.07) is 9.38. The third-order valence-electron chi connectivity index (χ3n) is 5.05. The van der Waals surface area contributed by atoms with Crippen molar-refractivity contribution in [1.82, 2.24) is 0 Å². The molecule has 1 amide bonds. The Labute approximate surface area is 193 Å². The Hall–Kier alpha value is -3.38. The van der Waals surface area contributed by atoms with Crippen LogP contribution in [0.5, 0.6) is 0 Å². The molecule has 0 spiro atoms. The summed E-state index contributed by atoms with van der Waals surface area (Å²) < 4.78 is 78.1. The van der Waals surface area contributed by atoms with Crippen LogP contribution in [0, 0.1) is 0 Å². The lowest BCUT2D eigenvalue weighted by atomic mass is 10.0. The number of hydrogen-bond acceptors (Lipinski definition) is 5. The maximum absolute atomic E-state index is 13.0. The number of hydrogen-bond donors (Lipinski definition) is 2. The monoisotopic (exact) mass is 498 g/mol. The topological polar surface area (TPSA) is 70.7 Å². The predicted molar refractivity (Wildman–Crippen MR) is 117 cm³/mol. The summed E-state index contributed by atoms with van der Waals surface area (Å²) in [6.07, 6.45) is -9.50. The van der Waals surface area contributed by atoms with Crippen molar-refractivity contribution >= 4 is 40.0 Å². The molecule has 178 valence electrons. The summed E-state index contributed by atoms with van der Waals surface area (Å²) in [7, 11) is 0. The molecule has 34 heavy (non-hydrogen) atoms. The zero-order valence-corrected chi connectivity index (χ0v) is 17.9. The van der Waals surface area contributed by atoms with Gasteiger partial charge in [0.2, 0.25) is 5.91 Å². The van der Waals surface area contributed by atoms with Crippen LogP contribution in [-0.4, -0.2) is 12.2 Å². The van der Waals surface area contributed by atoms with Crippen molar-refractivity contribution in [3.05, 3.63) is 76.2 Å². The number of rotatable bonds is 4. The van der Waals surface area contributed by atoms with Gasteiger partial charge in [0.05, 0.1) is 23.9 Å². The van der Waals surface area contributed by atoms with Crippen LogP contribution in [0.15, 0.2) is 58.9 Å². The number of carbonyl (C=O) groups is 1. The van der Waals surface area contributed by atoms with Gasteiger partial charge in [-0.1, -0.05) is 0 Å².